The Morgan fingerprint density at radius 3 is 2.65 bits per heavy atom. The first-order chi connectivity index (χ1) is 11.0. The van der Waals surface area contributed by atoms with Gasteiger partial charge in [0.2, 0.25) is 5.91 Å². The van der Waals surface area contributed by atoms with Gasteiger partial charge in [-0.05, 0) is 50.6 Å². The molecule has 0 aliphatic heterocycles. The number of anilines is 2. The van der Waals surface area contributed by atoms with Gasteiger partial charge in [0.25, 0.3) is 0 Å². The van der Waals surface area contributed by atoms with E-state index in [4.69, 9.17) is 4.74 Å². The van der Waals surface area contributed by atoms with Crippen LogP contribution in [0.15, 0.2) is 48.5 Å². The Kier molecular flexibility index (Phi) is 6.03. The van der Waals surface area contributed by atoms with Crippen molar-refractivity contribution in [3.63, 3.8) is 0 Å². The lowest BCUT2D eigenvalue weighted by molar-refractivity contribution is -0.115. The molecule has 0 fully saturated rings. The third kappa shape index (κ3) is 5.66. The summed E-state index contributed by atoms with van der Waals surface area (Å²) in [4.78, 5) is 12.0. The van der Waals surface area contributed by atoms with Gasteiger partial charge in [0.15, 0.2) is 0 Å². The summed E-state index contributed by atoms with van der Waals surface area (Å²) >= 11 is 0. The second kappa shape index (κ2) is 8.22. The summed E-state index contributed by atoms with van der Waals surface area (Å²) in [6, 6.07) is 15.5. The highest BCUT2D eigenvalue weighted by atomic mass is 16.5. The van der Waals surface area contributed by atoms with Crippen molar-refractivity contribution in [2.75, 3.05) is 17.2 Å². The smallest absolute Gasteiger partial charge is 0.226 e. The van der Waals surface area contributed by atoms with Crippen LogP contribution in [0.1, 0.15) is 25.8 Å². The number of benzene rings is 2. The van der Waals surface area contributed by atoms with Gasteiger partial charge in [0, 0.05) is 18.7 Å². The fourth-order valence-corrected chi connectivity index (χ4v) is 2.23. The van der Waals surface area contributed by atoms with Crippen LogP contribution in [0.5, 0.6) is 5.75 Å². The van der Waals surface area contributed by atoms with E-state index in [1.54, 1.807) is 0 Å². The molecule has 2 rings (SSSR count). The van der Waals surface area contributed by atoms with Crippen molar-refractivity contribution < 1.29 is 9.53 Å². The molecule has 0 unspecified atom stereocenters. The molecular weight excluding hydrogens is 288 g/mol. The lowest BCUT2D eigenvalue weighted by Crippen LogP contribution is -2.17. The fourth-order valence-electron chi connectivity index (χ4n) is 2.23. The molecule has 0 bridgehead atoms. The molecule has 0 spiro atoms. The molecule has 0 radical (unpaired) electrons. The molecule has 2 aromatic rings. The van der Waals surface area contributed by atoms with Crippen molar-refractivity contribution >= 4 is 17.3 Å². The Labute approximate surface area is 137 Å². The fraction of sp³-hybridized carbons (Fsp3) is 0.316. The van der Waals surface area contributed by atoms with E-state index >= 15 is 0 Å². The maximum absolute atomic E-state index is 12.0. The first kappa shape index (κ1) is 16.9. The van der Waals surface area contributed by atoms with Gasteiger partial charge in [0.05, 0.1) is 11.8 Å². The van der Waals surface area contributed by atoms with Crippen LogP contribution in [-0.2, 0) is 4.79 Å². The molecule has 0 saturated carbocycles. The maximum Gasteiger partial charge on any atom is 0.226 e. The van der Waals surface area contributed by atoms with Crippen molar-refractivity contribution in [1.82, 2.24) is 0 Å². The maximum atomic E-state index is 12.0. The van der Waals surface area contributed by atoms with E-state index in [2.05, 4.69) is 10.6 Å². The molecule has 2 aromatic carbocycles. The Morgan fingerprint density at radius 2 is 1.91 bits per heavy atom. The van der Waals surface area contributed by atoms with E-state index in [1.165, 1.54) is 0 Å². The zero-order valence-electron chi connectivity index (χ0n) is 13.9. The standard InChI is InChI=1S/C19H24N2O2/c1-14(2)23-18-10-5-4-9-17(18)20-12-11-19(22)21-16-8-6-7-15(3)13-16/h4-10,13-14,20H,11-12H2,1-3H3,(H,21,22). The van der Waals surface area contributed by atoms with Gasteiger partial charge in [-0.3, -0.25) is 4.79 Å². The van der Waals surface area contributed by atoms with Crippen molar-refractivity contribution in [2.45, 2.75) is 33.3 Å². The number of rotatable bonds is 7. The van der Waals surface area contributed by atoms with Gasteiger partial charge in [-0.1, -0.05) is 24.3 Å². The van der Waals surface area contributed by atoms with Crippen LogP contribution in [0, 0.1) is 6.92 Å². The number of aryl methyl sites for hydroxylation is 1. The SMILES string of the molecule is Cc1cccc(NC(=O)CCNc2ccccc2OC(C)C)c1. The largest absolute Gasteiger partial charge is 0.489 e. The Hall–Kier alpha value is -2.49. The molecule has 0 aromatic heterocycles. The number of amides is 1. The van der Waals surface area contributed by atoms with Crippen LogP contribution in [-0.4, -0.2) is 18.6 Å². The monoisotopic (exact) mass is 312 g/mol. The van der Waals surface area contributed by atoms with Crippen molar-refractivity contribution in [3.05, 3.63) is 54.1 Å². The average Bonchev–Trinajstić information content (AvgIpc) is 2.48. The van der Waals surface area contributed by atoms with Crippen LogP contribution in [0.4, 0.5) is 11.4 Å². The van der Waals surface area contributed by atoms with E-state index in [-0.39, 0.29) is 12.0 Å². The molecule has 2 N–H and O–H groups in total. The third-order valence-corrected chi connectivity index (χ3v) is 3.22. The van der Waals surface area contributed by atoms with Crippen molar-refractivity contribution in [1.29, 1.82) is 0 Å². The molecule has 0 heterocycles. The van der Waals surface area contributed by atoms with Crippen LogP contribution in [0.2, 0.25) is 0 Å². The molecule has 122 valence electrons. The van der Waals surface area contributed by atoms with Crippen LogP contribution in [0.3, 0.4) is 0 Å². The molecule has 0 aliphatic rings. The number of hydrogen-bond donors (Lipinski definition) is 2. The lowest BCUT2D eigenvalue weighted by atomic mass is 10.2. The topological polar surface area (TPSA) is 50.4 Å². The Morgan fingerprint density at radius 1 is 1.13 bits per heavy atom. The van der Waals surface area contributed by atoms with E-state index < -0.39 is 0 Å². The number of carbonyl (C=O) groups excluding carboxylic acids is 1. The Balaban J connectivity index is 1.84. The molecule has 0 saturated heterocycles. The number of nitrogens with one attached hydrogen (secondary N) is 2. The minimum Gasteiger partial charge on any atom is -0.489 e. The van der Waals surface area contributed by atoms with Crippen LogP contribution >= 0.6 is 0 Å². The normalized spacial score (nSPS) is 10.4. The molecule has 1 amide bonds. The summed E-state index contributed by atoms with van der Waals surface area (Å²) < 4.78 is 5.75. The highest BCUT2D eigenvalue weighted by Crippen LogP contribution is 2.24. The second-order valence-corrected chi connectivity index (χ2v) is 5.76. The van der Waals surface area contributed by atoms with Gasteiger partial charge >= 0.3 is 0 Å². The highest BCUT2D eigenvalue weighted by Gasteiger charge is 2.06. The molecule has 4 heteroatoms. The first-order valence-corrected chi connectivity index (χ1v) is 7.90. The summed E-state index contributed by atoms with van der Waals surface area (Å²) in [5.41, 5.74) is 2.86. The van der Waals surface area contributed by atoms with E-state index in [1.807, 2.05) is 69.3 Å². The van der Waals surface area contributed by atoms with Crippen molar-refractivity contribution in [2.24, 2.45) is 0 Å². The number of carbonyl (C=O) groups is 1. The minimum atomic E-state index is -0.00893. The minimum absolute atomic E-state index is 0.00893. The van der Waals surface area contributed by atoms with Gasteiger partial charge in [-0.2, -0.15) is 0 Å². The molecule has 0 aliphatic carbocycles. The summed E-state index contributed by atoms with van der Waals surface area (Å²) in [5, 5.41) is 6.17. The molecule has 23 heavy (non-hydrogen) atoms. The van der Waals surface area contributed by atoms with Crippen LogP contribution < -0.4 is 15.4 Å². The number of ether oxygens (including phenoxy) is 1. The lowest BCUT2D eigenvalue weighted by Gasteiger charge is -2.15. The Bertz CT molecular complexity index is 653. The van der Waals surface area contributed by atoms with Gasteiger partial charge < -0.3 is 15.4 Å². The zero-order valence-corrected chi connectivity index (χ0v) is 13.9. The van der Waals surface area contributed by atoms with Crippen LogP contribution in [0.25, 0.3) is 0 Å². The number of hydrogen-bond acceptors (Lipinski definition) is 3. The summed E-state index contributed by atoms with van der Waals surface area (Å²) in [5.74, 6) is 0.798. The second-order valence-electron chi connectivity index (χ2n) is 5.76. The summed E-state index contributed by atoms with van der Waals surface area (Å²) in [7, 11) is 0. The molecular formula is C19H24N2O2. The van der Waals surface area contributed by atoms with E-state index in [0.717, 1.165) is 22.7 Å². The van der Waals surface area contributed by atoms with Gasteiger partial charge in [0.1, 0.15) is 5.75 Å². The summed E-state index contributed by atoms with van der Waals surface area (Å²) in [6.45, 7) is 6.54. The average molecular weight is 312 g/mol. The third-order valence-electron chi connectivity index (χ3n) is 3.22. The van der Waals surface area contributed by atoms with Gasteiger partial charge in [-0.25, -0.2) is 0 Å². The first-order valence-electron chi connectivity index (χ1n) is 7.90. The van der Waals surface area contributed by atoms with Crippen molar-refractivity contribution in [3.8, 4) is 5.75 Å². The predicted molar refractivity (Wildman–Crippen MR) is 95.1 cm³/mol. The quantitative estimate of drug-likeness (QED) is 0.804. The highest BCUT2D eigenvalue weighted by molar-refractivity contribution is 5.91. The van der Waals surface area contributed by atoms with E-state index in [0.29, 0.717) is 13.0 Å². The number of para-hydroxylation sites is 2. The molecule has 0 atom stereocenters. The van der Waals surface area contributed by atoms with Gasteiger partial charge in [-0.15, -0.1) is 0 Å². The zero-order chi connectivity index (χ0) is 16.7. The van der Waals surface area contributed by atoms with E-state index in [9.17, 15) is 4.79 Å². The summed E-state index contributed by atoms with van der Waals surface area (Å²) in [6.07, 6.45) is 0.506. The molecule has 4 nitrogen and oxygen atoms in total. The predicted octanol–water partition coefficient (Wildman–Crippen LogP) is 4.22.